The molecule has 0 radical (unpaired) electrons. The number of amides is 1. The van der Waals surface area contributed by atoms with Gasteiger partial charge in [-0.15, -0.1) is 10.2 Å². The number of thioether (sulfide) groups is 1. The second kappa shape index (κ2) is 7.21. The lowest BCUT2D eigenvalue weighted by atomic mass is 10.2. The number of hydrogen-bond acceptors (Lipinski definition) is 5. The minimum atomic E-state index is -0.280. The van der Waals surface area contributed by atoms with Crippen LogP contribution in [0.3, 0.4) is 0 Å². The summed E-state index contributed by atoms with van der Waals surface area (Å²) in [5.41, 5.74) is 0.601. The van der Waals surface area contributed by atoms with Crippen LogP contribution >= 0.6 is 35.0 Å². The molecule has 0 spiro atoms. The Hall–Kier alpha value is -1.44. The lowest BCUT2D eigenvalue weighted by Crippen LogP contribution is -2.34. The molecule has 1 aromatic carbocycles. The number of carbonyl (C=O) groups is 1. The van der Waals surface area contributed by atoms with Crippen molar-refractivity contribution < 1.29 is 4.79 Å². The molecule has 0 aliphatic carbocycles. The zero-order valence-corrected chi connectivity index (χ0v) is 15.4. The van der Waals surface area contributed by atoms with Crippen LogP contribution in [0.25, 0.3) is 11.4 Å². The summed E-state index contributed by atoms with van der Waals surface area (Å²) in [4.78, 5) is 14.3. The van der Waals surface area contributed by atoms with Crippen LogP contribution in [0.15, 0.2) is 23.4 Å². The van der Waals surface area contributed by atoms with E-state index < -0.39 is 0 Å². The molecule has 0 saturated carbocycles. The van der Waals surface area contributed by atoms with E-state index in [1.165, 1.54) is 16.4 Å². The molecule has 1 atom stereocenters. The normalized spacial score (nSPS) is 15.7. The standard InChI is InChI=1S/C15H17Cl2N5OS/c1-9(14(23)21-6-2-3-7-21)24-15-20-19-13(22(15)18)11-8-10(16)4-5-12(11)17/h4-5,8-9H,2-3,6-7,18H2,1H3/t9-/m0/s1. The predicted octanol–water partition coefficient (Wildman–Crippen LogP) is 3.07. The maximum atomic E-state index is 12.4. The Morgan fingerprint density at radius 1 is 1.29 bits per heavy atom. The largest absolute Gasteiger partial charge is 0.342 e. The first kappa shape index (κ1) is 17.4. The number of rotatable bonds is 4. The summed E-state index contributed by atoms with van der Waals surface area (Å²) in [6.45, 7) is 3.50. The Labute approximate surface area is 154 Å². The molecule has 2 heterocycles. The highest BCUT2D eigenvalue weighted by Gasteiger charge is 2.26. The molecule has 24 heavy (non-hydrogen) atoms. The molecule has 3 rings (SSSR count). The highest BCUT2D eigenvalue weighted by molar-refractivity contribution is 8.00. The molecule has 1 aliphatic heterocycles. The molecule has 1 fully saturated rings. The lowest BCUT2D eigenvalue weighted by molar-refractivity contribution is -0.129. The molecule has 2 N–H and O–H groups in total. The number of nitrogen functional groups attached to an aromatic ring is 1. The van der Waals surface area contributed by atoms with Gasteiger partial charge in [0.2, 0.25) is 11.1 Å². The van der Waals surface area contributed by atoms with Crippen molar-refractivity contribution in [1.82, 2.24) is 19.8 Å². The molecule has 1 aromatic heterocycles. The molecule has 0 unspecified atom stereocenters. The van der Waals surface area contributed by atoms with E-state index in [4.69, 9.17) is 29.0 Å². The molecule has 6 nitrogen and oxygen atoms in total. The number of nitrogens with zero attached hydrogens (tertiary/aromatic N) is 4. The van der Waals surface area contributed by atoms with Gasteiger partial charge in [-0.3, -0.25) is 4.79 Å². The van der Waals surface area contributed by atoms with Crippen molar-refractivity contribution >= 4 is 40.9 Å². The van der Waals surface area contributed by atoms with E-state index in [1.54, 1.807) is 18.2 Å². The smallest absolute Gasteiger partial charge is 0.235 e. The second-order valence-corrected chi connectivity index (χ2v) is 7.74. The maximum Gasteiger partial charge on any atom is 0.235 e. The predicted molar refractivity (Wildman–Crippen MR) is 96.8 cm³/mol. The number of halogens is 2. The van der Waals surface area contributed by atoms with Crippen molar-refractivity contribution in [2.75, 3.05) is 18.9 Å². The van der Waals surface area contributed by atoms with Gasteiger partial charge in [0.25, 0.3) is 0 Å². The van der Waals surface area contributed by atoms with Gasteiger partial charge < -0.3 is 10.7 Å². The quantitative estimate of drug-likeness (QED) is 0.646. The fourth-order valence-corrected chi connectivity index (χ4v) is 3.84. The van der Waals surface area contributed by atoms with Crippen LogP contribution in [-0.4, -0.2) is 44.0 Å². The summed E-state index contributed by atoms with van der Waals surface area (Å²) < 4.78 is 1.34. The summed E-state index contributed by atoms with van der Waals surface area (Å²) in [5, 5.41) is 9.38. The minimum Gasteiger partial charge on any atom is -0.342 e. The Kier molecular flexibility index (Phi) is 5.22. The van der Waals surface area contributed by atoms with E-state index in [-0.39, 0.29) is 11.2 Å². The summed E-state index contributed by atoms with van der Waals surface area (Å²) >= 11 is 13.5. The van der Waals surface area contributed by atoms with Crippen LogP contribution < -0.4 is 5.84 Å². The van der Waals surface area contributed by atoms with Crippen molar-refractivity contribution in [3.05, 3.63) is 28.2 Å². The van der Waals surface area contributed by atoms with Crippen molar-refractivity contribution in [2.24, 2.45) is 0 Å². The fourth-order valence-electron chi connectivity index (χ4n) is 2.61. The molecular weight excluding hydrogens is 369 g/mol. The zero-order chi connectivity index (χ0) is 17.3. The van der Waals surface area contributed by atoms with E-state index in [9.17, 15) is 4.79 Å². The van der Waals surface area contributed by atoms with Crippen molar-refractivity contribution in [2.45, 2.75) is 30.2 Å². The molecule has 2 aromatic rings. The first-order valence-electron chi connectivity index (χ1n) is 7.58. The molecule has 1 aliphatic rings. The van der Waals surface area contributed by atoms with Crippen molar-refractivity contribution in [1.29, 1.82) is 0 Å². The van der Waals surface area contributed by atoms with Crippen LogP contribution in [0.1, 0.15) is 19.8 Å². The summed E-state index contributed by atoms with van der Waals surface area (Å²) in [6.07, 6.45) is 2.13. The van der Waals surface area contributed by atoms with Crippen molar-refractivity contribution in [3.63, 3.8) is 0 Å². The number of benzene rings is 1. The minimum absolute atomic E-state index is 0.0998. The summed E-state index contributed by atoms with van der Waals surface area (Å²) in [7, 11) is 0. The van der Waals surface area contributed by atoms with Gasteiger partial charge >= 0.3 is 0 Å². The molecule has 1 amide bonds. The van der Waals surface area contributed by atoms with Gasteiger partial charge in [0.05, 0.1) is 10.3 Å². The second-order valence-electron chi connectivity index (χ2n) is 5.59. The highest BCUT2D eigenvalue weighted by atomic mass is 35.5. The zero-order valence-electron chi connectivity index (χ0n) is 13.1. The van der Waals surface area contributed by atoms with Gasteiger partial charge in [-0.2, -0.15) is 0 Å². The Morgan fingerprint density at radius 3 is 2.71 bits per heavy atom. The van der Waals surface area contributed by atoms with Crippen LogP contribution in [0, 0.1) is 0 Å². The summed E-state index contributed by atoms with van der Waals surface area (Å²) in [5.74, 6) is 6.61. The lowest BCUT2D eigenvalue weighted by Gasteiger charge is -2.19. The Morgan fingerprint density at radius 2 is 2.00 bits per heavy atom. The van der Waals surface area contributed by atoms with E-state index in [0.29, 0.717) is 26.6 Å². The van der Waals surface area contributed by atoms with Gasteiger partial charge in [-0.1, -0.05) is 35.0 Å². The average Bonchev–Trinajstić information content (AvgIpc) is 3.20. The Bertz CT molecular complexity index is 760. The monoisotopic (exact) mass is 385 g/mol. The van der Waals surface area contributed by atoms with E-state index in [0.717, 1.165) is 25.9 Å². The first-order valence-corrected chi connectivity index (χ1v) is 9.22. The SMILES string of the molecule is C[C@H](Sc1nnc(-c2cc(Cl)ccc2Cl)n1N)C(=O)N1CCCC1. The van der Waals surface area contributed by atoms with E-state index in [1.807, 2.05) is 11.8 Å². The van der Waals surface area contributed by atoms with Crippen LogP contribution in [0.4, 0.5) is 0 Å². The van der Waals surface area contributed by atoms with Crippen LogP contribution in [0.5, 0.6) is 0 Å². The molecule has 0 bridgehead atoms. The number of likely N-dealkylation sites (tertiary alicyclic amines) is 1. The van der Waals surface area contributed by atoms with Crippen LogP contribution in [-0.2, 0) is 4.79 Å². The number of carbonyl (C=O) groups excluding carboxylic acids is 1. The maximum absolute atomic E-state index is 12.4. The van der Waals surface area contributed by atoms with Crippen molar-refractivity contribution in [3.8, 4) is 11.4 Å². The first-order chi connectivity index (χ1) is 11.5. The topological polar surface area (TPSA) is 77.0 Å². The van der Waals surface area contributed by atoms with Gasteiger partial charge in [-0.05, 0) is 38.0 Å². The molecule has 128 valence electrons. The van der Waals surface area contributed by atoms with E-state index in [2.05, 4.69) is 10.2 Å². The highest BCUT2D eigenvalue weighted by Crippen LogP contribution is 2.31. The van der Waals surface area contributed by atoms with Gasteiger partial charge in [0.1, 0.15) is 0 Å². The van der Waals surface area contributed by atoms with E-state index >= 15 is 0 Å². The van der Waals surface area contributed by atoms with Gasteiger partial charge in [-0.25, -0.2) is 4.68 Å². The molecule has 1 saturated heterocycles. The average molecular weight is 386 g/mol. The number of nitrogens with two attached hydrogens (primary N) is 1. The number of hydrogen-bond donors (Lipinski definition) is 1. The van der Waals surface area contributed by atoms with Crippen LogP contribution in [0.2, 0.25) is 10.0 Å². The molecule has 9 heteroatoms. The third-order valence-electron chi connectivity index (χ3n) is 3.88. The third-order valence-corrected chi connectivity index (χ3v) is 5.49. The Balaban J connectivity index is 1.80. The molecular formula is C15H17Cl2N5OS. The fraction of sp³-hybridized carbons (Fsp3) is 0.400. The van der Waals surface area contributed by atoms with Gasteiger partial charge in [0, 0.05) is 23.7 Å². The number of aromatic nitrogens is 3. The third kappa shape index (κ3) is 3.48. The summed E-state index contributed by atoms with van der Waals surface area (Å²) in [6, 6.07) is 5.06. The van der Waals surface area contributed by atoms with Gasteiger partial charge in [0.15, 0.2) is 5.82 Å².